The highest BCUT2D eigenvalue weighted by Crippen LogP contribution is 2.37. The van der Waals surface area contributed by atoms with Crippen LogP contribution in [0.3, 0.4) is 0 Å². The van der Waals surface area contributed by atoms with Crippen molar-refractivity contribution < 1.29 is 24.2 Å². The van der Waals surface area contributed by atoms with Crippen molar-refractivity contribution in [2.24, 2.45) is 10.8 Å². The summed E-state index contributed by atoms with van der Waals surface area (Å²) in [6.45, 7) is 8.23. The Labute approximate surface area is 258 Å². The van der Waals surface area contributed by atoms with E-state index in [1.54, 1.807) is 21.0 Å². The number of para-hydroxylation sites is 1. The van der Waals surface area contributed by atoms with E-state index in [0.717, 1.165) is 56.4 Å². The molecule has 0 fully saturated rings. The van der Waals surface area contributed by atoms with E-state index in [1.165, 1.54) is 0 Å². The molecule has 0 atom stereocenters. The lowest BCUT2D eigenvalue weighted by atomic mass is 9.83. The van der Waals surface area contributed by atoms with Crippen molar-refractivity contribution in [1.29, 1.82) is 0 Å². The monoisotopic (exact) mass is 592 g/mol. The smallest absolute Gasteiger partial charge is 0.309 e. The van der Waals surface area contributed by atoms with Crippen LogP contribution in [0.1, 0.15) is 56.6 Å². The predicted octanol–water partition coefficient (Wildman–Crippen LogP) is 7.64. The van der Waals surface area contributed by atoms with Gasteiger partial charge in [-0.15, -0.1) is 0 Å². The van der Waals surface area contributed by atoms with E-state index in [2.05, 4.69) is 4.57 Å². The SMILES string of the molecule is COc1cccc(Cn2c(CC(C)(C)C(=O)O)c(CCC(C)(C)C=O)c3cc(OCc4ccc5ccccc5n4)ccc32)c1. The Bertz CT molecular complexity index is 1820. The fraction of sp³-hybridized carbons (Fsp3) is 0.324. The molecule has 0 amide bonds. The van der Waals surface area contributed by atoms with E-state index in [1.807, 2.05) is 92.7 Å². The number of rotatable bonds is 13. The maximum absolute atomic E-state index is 12.3. The number of nitrogens with zero attached hydrogens (tertiary/aromatic N) is 2. The van der Waals surface area contributed by atoms with Gasteiger partial charge in [-0.1, -0.05) is 50.2 Å². The van der Waals surface area contributed by atoms with Gasteiger partial charge in [-0.3, -0.25) is 4.79 Å². The molecule has 44 heavy (non-hydrogen) atoms. The normalized spacial score (nSPS) is 12.0. The number of methoxy groups -OCH3 is 1. The zero-order chi connectivity index (χ0) is 31.5. The number of hydrogen-bond acceptors (Lipinski definition) is 5. The van der Waals surface area contributed by atoms with Crippen LogP contribution in [0.5, 0.6) is 11.5 Å². The zero-order valence-electron chi connectivity index (χ0n) is 26.1. The minimum atomic E-state index is -1.00. The molecule has 7 heteroatoms. The lowest BCUT2D eigenvalue weighted by molar-refractivity contribution is -0.146. The molecule has 5 rings (SSSR count). The van der Waals surface area contributed by atoms with Crippen LogP contribution >= 0.6 is 0 Å². The van der Waals surface area contributed by atoms with E-state index in [4.69, 9.17) is 14.5 Å². The van der Waals surface area contributed by atoms with Gasteiger partial charge in [-0.25, -0.2) is 4.98 Å². The Morgan fingerprint density at radius 1 is 0.955 bits per heavy atom. The number of carboxylic acids is 1. The Morgan fingerprint density at radius 3 is 2.50 bits per heavy atom. The summed E-state index contributed by atoms with van der Waals surface area (Å²) in [6.07, 6.45) is 2.57. The van der Waals surface area contributed by atoms with Gasteiger partial charge in [0.1, 0.15) is 24.4 Å². The van der Waals surface area contributed by atoms with Gasteiger partial charge in [0.05, 0.1) is 23.7 Å². The molecule has 2 aromatic heterocycles. The maximum Gasteiger partial charge on any atom is 0.309 e. The van der Waals surface area contributed by atoms with Gasteiger partial charge in [0.15, 0.2) is 0 Å². The highest BCUT2D eigenvalue weighted by atomic mass is 16.5. The molecular weight excluding hydrogens is 552 g/mol. The van der Waals surface area contributed by atoms with Crippen LogP contribution in [0.25, 0.3) is 21.8 Å². The molecule has 1 N–H and O–H groups in total. The van der Waals surface area contributed by atoms with Crippen molar-refractivity contribution in [2.75, 3.05) is 7.11 Å². The number of aromatic nitrogens is 2. The van der Waals surface area contributed by atoms with E-state index in [0.29, 0.717) is 38.2 Å². The molecule has 0 saturated heterocycles. The number of fused-ring (bicyclic) bond motifs is 2. The standard InChI is InChI=1S/C37H40N2O5/c1-36(2,24-40)18-17-30-31-20-29(44-23-27-14-13-26-10-6-7-12-32(26)38-27)15-16-33(31)39(34(30)21-37(3,4)35(41)42)22-25-9-8-11-28(19-25)43-5/h6-16,19-20,24H,17-18,21-23H2,1-5H3,(H,41,42). The molecule has 0 unspecified atom stereocenters. The van der Waals surface area contributed by atoms with Crippen LogP contribution in [0.2, 0.25) is 0 Å². The Morgan fingerprint density at radius 2 is 1.75 bits per heavy atom. The van der Waals surface area contributed by atoms with E-state index in [-0.39, 0.29) is 0 Å². The third kappa shape index (κ3) is 6.77. The fourth-order valence-corrected chi connectivity index (χ4v) is 5.51. The van der Waals surface area contributed by atoms with E-state index in [9.17, 15) is 14.7 Å². The Kier molecular flexibility index (Phi) is 8.77. The average Bonchev–Trinajstić information content (AvgIpc) is 3.29. The molecule has 0 aliphatic rings. The maximum atomic E-state index is 12.3. The topological polar surface area (TPSA) is 90.7 Å². The number of carboxylic acid groups (broad SMARTS) is 1. The second kappa shape index (κ2) is 12.5. The number of ether oxygens (including phenoxy) is 2. The van der Waals surface area contributed by atoms with Crippen LogP contribution in [0.15, 0.2) is 78.9 Å². The molecule has 2 heterocycles. The summed E-state index contributed by atoms with van der Waals surface area (Å²) in [4.78, 5) is 28.9. The first kappa shape index (κ1) is 30.8. The number of carbonyl (C=O) groups excluding carboxylic acids is 1. The molecule has 0 aliphatic heterocycles. The van der Waals surface area contributed by atoms with Crippen molar-refractivity contribution in [1.82, 2.24) is 9.55 Å². The summed E-state index contributed by atoms with van der Waals surface area (Å²) in [7, 11) is 1.65. The third-order valence-electron chi connectivity index (χ3n) is 8.30. The highest BCUT2D eigenvalue weighted by Gasteiger charge is 2.32. The minimum absolute atomic E-state index is 0.313. The zero-order valence-corrected chi connectivity index (χ0v) is 26.1. The number of aldehydes is 1. The molecule has 0 saturated carbocycles. The molecule has 228 valence electrons. The van der Waals surface area contributed by atoms with Crippen LogP contribution in [0, 0.1) is 10.8 Å². The minimum Gasteiger partial charge on any atom is -0.497 e. The van der Waals surface area contributed by atoms with Gasteiger partial charge in [0.25, 0.3) is 0 Å². The quantitative estimate of drug-likeness (QED) is 0.141. The van der Waals surface area contributed by atoms with Crippen LogP contribution in [-0.4, -0.2) is 34.0 Å². The van der Waals surface area contributed by atoms with Gasteiger partial charge in [0, 0.05) is 40.4 Å². The first-order valence-electron chi connectivity index (χ1n) is 14.9. The van der Waals surface area contributed by atoms with E-state index < -0.39 is 16.8 Å². The van der Waals surface area contributed by atoms with Gasteiger partial charge >= 0.3 is 5.97 Å². The number of benzene rings is 3. The van der Waals surface area contributed by atoms with Crippen LogP contribution < -0.4 is 9.47 Å². The fourth-order valence-electron chi connectivity index (χ4n) is 5.51. The van der Waals surface area contributed by atoms with Gasteiger partial charge in [-0.2, -0.15) is 0 Å². The predicted molar refractivity (Wildman–Crippen MR) is 173 cm³/mol. The van der Waals surface area contributed by atoms with Crippen LogP contribution in [-0.2, 0) is 35.6 Å². The van der Waals surface area contributed by atoms with Crippen molar-refractivity contribution in [2.45, 2.75) is 60.1 Å². The second-order valence-corrected chi connectivity index (χ2v) is 12.8. The Hall–Kier alpha value is -4.65. The van der Waals surface area contributed by atoms with Crippen molar-refractivity contribution in [3.8, 4) is 11.5 Å². The van der Waals surface area contributed by atoms with Gasteiger partial charge in [0.2, 0.25) is 0 Å². The first-order valence-corrected chi connectivity index (χ1v) is 14.9. The number of aryl methyl sites for hydroxylation is 1. The third-order valence-corrected chi connectivity index (χ3v) is 8.30. The molecule has 0 bridgehead atoms. The summed E-state index contributed by atoms with van der Waals surface area (Å²) in [5.41, 5.74) is 4.25. The summed E-state index contributed by atoms with van der Waals surface area (Å²) >= 11 is 0. The highest BCUT2D eigenvalue weighted by molar-refractivity contribution is 5.88. The van der Waals surface area contributed by atoms with Gasteiger partial charge in [-0.05, 0) is 80.3 Å². The molecule has 7 nitrogen and oxygen atoms in total. The Balaban J connectivity index is 1.59. The van der Waals surface area contributed by atoms with Crippen molar-refractivity contribution in [3.63, 3.8) is 0 Å². The number of pyridine rings is 1. The molecule has 0 radical (unpaired) electrons. The molecule has 0 aliphatic carbocycles. The van der Waals surface area contributed by atoms with Crippen LogP contribution in [0.4, 0.5) is 0 Å². The summed E-state index contributed by atoms with van der Waals surface area (Å²) in [5.74, 6) is 0.602. The molecule has 0 spiro atoms. The number of aliphatic carboxylic acids is 1. The van der Waals surface area contributed by atoms with Crippen molar-refractivity contribution in [3.05, 3.63) is 101 Å². The number of hydrogen-bond donors (Lipinski definition) is 1. The summed E-state index contributed by atoms with van der Waals surface area (Å²) in [6, 6.07) is 26.0. The van der Waals surface area contributed by atoms with Crippen molar-refractivity contribution >= 4 is 34.1 Å². The number of carbonyl (C=O) groups is 2. The molecule has 5 aromatic rings. The largest absolute Gasteiger partial charge is 0.497 e. The lowest BCUT2D eigenvalue weighted by Gasteiger charge is -2.23. The van der Waals surface area contributed by atoms with E-state index >= 15 is 0 Å². The summed E-state index contributed by atoms with van der Waals surface area (Å²) in [5, 5.41) is 12.2. The molecular formula is C37H40N2O5. The summed E-state index contributed by atoms with van der Waals surface area (Å²) < 4.78 is 14.0. The van der Waals surface area contributed by atoms with Gasteiger partial charge < -0.3 is 23.9 Å². The first-order chi connectivity index (χ1) is 21.0. The second-order valence-electron chi connectivity index (χ2n) is 12.8. The lowest BCUT2D eigenvalue weighted by Crippen LogP contribution is -2.28. The molecule has 3 aromatic carbocycles. The average molecular weight is 593 g/mol.